The number of hydrogen-bond donors (Lipinski definition) is 1. The molecule has 0 bridgehead atoms. The van der Waals surface area contributed by atoms with Crippen molar-refractivity contribution in [3.63, 3.8) is 0 Å². The third-order valence-electron chi connectivity index (χ3n) is 5.61. The summed E-state index contributed by atoms with van der Waals surface area (Å²) in [6, 6.07) is 5.03. The van der Waals surface area contributed by atoms with Gasteiger partial charge in [-0.05, 0) is 43.1 Å². The monoisotopic (exact) mass is 293 g/mol. The molecule has 3 heteroatoms. The lowest BCUT2D eigenvalue weighted by Crippen LogP contribution is -2.43. The minimum atomic E-state index is -0.531. The Morgan fingerprint density at radius 3 is 2.43 bits per heavy atom. The van der Waals surface area contributed by atoms with E-state index in [2.05, 4.69) is 20.8 Å². The lowest BCUT2D eigenvalue weighted by atomic mass is 9.64. The van der Waals surface area contributed by atoms with Gasteiger partial charge in [0.1, 0.15) is 11.6 Å². The molecule has 1 fully saturated rings. The maximum atomic E-state index is 14.3. The van der Waals surface area contributed by atoms with Crippen molar-refractivity contribution in [2.45, 2.75) is 58.4 Å². The highest BCUT2D eigenvalue weighted by Crippen LogP contribution is 2.46. The molecule has 1 aliphatic rings. The Balaban J connectivity index is 2.15. The number of hydrogen-bond acceptors (Lipinski definition) is 2. The number of rotatable bonds is 4. The number of ether oxygens (including phenoxy) is 1. The predicted molar refractivity (Wildman–Crippen MR) is 84.8 cm³/mol. The summed E-state index contributed by atoms with van der Waals surface area (Å²) in [5.41, 5.74) is 6.99. The van der Waals surface area contributed by atoms with E-state index >= 15 is 0 Å². The van der Waals surface area contributed by atoms with Crippen LogP contribution in [-0.2, 0) is 5.54 Å². The van der Waals surface area contributed by atoms with Crippen LogP contribution in [0.2, 0.25) is 0 Å². The van der Waals surface area contributed by atoms with Gasteiger partial charge in [-0.3, -0.25) is 0 Å². The van der Waals surface area contributed by atoms with Gasteiger partial charge >= 0.3 is 0 Å². The average molecular weight is 293 g/mol. The highest BCUT2D eigenvalue weighted by molar-refractivity contribution is 5.33. The van der Waals surface area contributed by atoms with Gasteiger partial charge in [-0.25, -0.2) is 4.39 Å². The van der Waals surface area contributed by atoms with Gasteiger partial charge in [0, 0.05) is 17.2 Å². The number of methoxy groups -OCH3 is 1. The van der Waals surface area contributed by atoms with Crippen LogP contribution in [0.25, 0.3) is 0 Å². The summed E-state index contributed by atoms with van der Waals surface area (Å²) in [4.78, 5) is 0. The van der Waals surface area contributed by atoms with Crippen molar-refractivity contribution in [3.05, 3.63) is 29.6 Å². The maximum Gasteiger partial charge on any atom is 0.131 e. The van der Waals surface area contributed by atoms with Crippen LogP contribution in [0.5, 0.6) is 5.75 Å². The predicted octanol–water partition coefficient (Wildman–Crippen LogP) is 4.61. The fraction of sp³-hybridized carbons (Fsp3) is 0.667. The van der Waals surface area contributed by atoms with Gasteiger partial charge in [0.2, 0.25) is 0 Å². The average Bonchev–Trinajstić information content (AvgIpc) is 2.47. The zero-order valence-electron chi connectivity index (χ0n) is 13.7. The van der Waals surface area contributed by atoms with Crippen LogP contribution >= 0.6 is 0 Å². The third-order valence-corrected chi connectivity index (χ3v) is 5.61. The van der Waals surface area contributed by atoms with Crippen LogP contribution in [-0.4, -0.2) is 7.11 Å². The molecule has 0 heterocycles. The molecule has 0 spiro atoms. The molecule has 1 aromatic rings. The SMILES string of the molecule is CCC(C)(C)C1CCC(N)(c2ccc(OC)cc2F)CC1. The second-order valence-corrected chi connectivity index (χ2v) is 7.12. The van der Waals surface area contributed by atoms with Gasteiger partial charge in [0.25, 0.3) is 0 Å². The highest BCUT2D eigenvalue weighted by atomic mass is 19.1. The Morgan fingerprint density at radius 1 is 1.33 bits per heavy atom. The Bertz CT molecular complexity index is 490. The van der Waals surface area contributed by atoms with Crippen molar-refractivity contribution < 1.29 is 9.13 Å². The molecule has 21 heavy (non-hydrogen) atoms. The largest absolute Gasteiger partial charge is 0.497 e. The van der Waals surface area contributed by atoms with E-state index in [0.29, 0.717) is 22.6 Å². The van der Waals surface area contributed by atoms with E-state index in [-0.39, 0.29) is 5.82 Å². The Morgan fingerprint density at radius 2 is 1.95 bits per heavy atom. The first-order valence-electron chi connectivity index (χ1n) is 7.95. The molecule has 118 valence electrons. The first-order chi connectivity index (χ1) is 9.82. The summed E-state index contributed by atoms with van der Waals surface area (Å²) in [5.74, 6) is 0.978. The van der Waals surface area contributed by atoms with Crippen molar-refractivity contribution in [1.29, 1.82) is 0 Å². The Kier molecular flexibility index (Phi) is 4.62. The van der Waals surface area contributed by atoms with E-state index in [1.807, 2.05) is 0 Å². The quantitative estimate of drug-likeness (QED) is 0.879. The standard InChI is InChI=1S/C18H28FNO/c1-5-17(2,3)13-8-10-18(20,11-9-13)15-7-6-14(21-4)12-16(15)19/h6-7,12-13H,5,8-11,20H2,1-4H3. The van der Waals surface area contributed by atoms with Gasteiger partial charge in [-0.1, -0.05) is 33.3 Å². The van der Waals surface area contributed by atoms with E-state index in [1.165, 1.54) is 12.5 Å². The Labute approximate surface area is 127 Å². The fourth-order valence-corrected chi connectivity index (χ4v) is 3.50. The van der Waals surface area contributed by atoms with Crippen LogP contribution in [0.15, 0.2) is 18.2 Å². The molecule has 1 aromatic carbocycles. The van der Waals surface area contributed by atoms with Gasteiger partial charge in [-0.15, -0.1) is 0 Å². The van der Waals surface area contributed by atoms with Crippen molar-refractivity contribution in [1.82, 2.24) is 0 Å². The zero-order chi connectivity index (χ0) is 15.7. The zero-order valence-corrected chi connectivity index (χ0v) is 13.7. The molecular formula is C18H28FNO. The molecule has 0 saturated heterocycles. The summed E-state index contributed by atoms with van der Waals surface area (Å²) < 4.78 is 19.4. The van der Waals surface area contributed by atoms with Gasteiger partial charge in [0.15, 0.2) is 0 Å². The van der Waals surface area contributed by atoms with Crippen LogP contribution < -0.4 is 10.5 Å². The lowest BCUT2D eigenvalue weighted by molar-refractivity contribution is 0.113. The molecule has 2 nitrogen and oxygen atoms in total. The summed E-state index contributed by atoms with van der Waals surface area (Å²) in [6.07, 6.45) is 5.02. The molecule has 0 unspecified atom stereocenters. The molecule has 2 N–H and O–H groups in total. The van der Waals surface area contributed by atoms with E-state index in [4.69, 9.17) is 10.5 Å². The van der Waals surface area contributed by atoms with E-state index < -0.39 is 5.54 Å². The molecule has 1 aliphatic carbocycles. The lowest BCUT2D eigenvalue weighted by Gasteiger charge is -2.43. The molecule has 0 amide bonds. The van der Waals surface area contributed by atoms with Crippen LogP contribution in [0.1, 0.15) is 58.4 Å². The van der Waals surface area contributed by atoms with Gasteiger partial charge in [0.05, 0.1) is 7.11 Å². The highest BCUT2D eigenvalue weighted by Gasteiger charge is 2.39. The second-order valence-electron chi connectivity index (χ2n) is 7.12. The molecule has 2 rings (SSSR count). The summed E-state index contributed by atoms with van der Waals surface area (Å²) in [5, 5.41) is 0. The van der Waals surface area contributed by atoms with Crippen molar-refractivity contribution in [2.24, 2.45) is 17.1 Å². The molecule has 0 aromatic heterocycles. The molecule has 0 radical (unpaired) electrons. The van der Waals surface area contributed by atoms with Crippen molar-refractivity contribution in [3.8, 4) is 5.75 Å². The molecule has 0 aliphatic heterocycles. The minimum Gasteiger partial charge on any atom is -0.497 e. The van der Waals surface area contributed by atoms with E-state index in [9.17, 15) is 4.39 Å². The molecular weight excluding hydrogens is 265 g/mol. The second kappa shape index (κ2) is 5.96. The summed E-state index contributed by atoms with van der Waals surface area (Å²) in [7, 11) is 1.55. The van der Waals surface area contributed by atoms with Crippen LogP contribution in [0, 0.1) is 17.2 Å². The molecule has 0 atom stereocenters. The number of benzene rings is 1. The normalized spacial score (nSPS) is 26.7. The van der Waals surface area contributed by atoms with Crippen LogP contribution in [0.3, 0.4) is 0 Å². The van der Waals surface area contributed by atoms with Crippen molar-refractivity contribution >= 4 is 0 Å². The maximum absolute atomic E-state index is 14.3. The Hall–Kier alpha value is -1.09. The van der Waals surface area contributed by atoms with Crippen LogP contribution in [0.4, 0.5) is 4.39 Å². The molecule has 1 saturated carbocycles. The number of nitrogens with two attached hydrogens (primary N) is 1. The fourth-order valence-electron chi connectivity index (χ4n) is 3.50. The van der Waals surface area contributed by atoms with E-state index in [1.54, 1.807) is 19.2 Å². The topological polar surface area (TPSA) is 35.2 Å². The first kappa shape index (κ1) is 16.3. The van der Waals surface area contributed by atoms with Gasteiger partial charge in [-0.2, -0.15) is 0 Å². The number of halogens is 1. The first-order valence-corrected chi connectivity index (χ1v) is 7.95. The summed E-state index contributed by atoms with van der Waals surface area (Å²) in [6.45, 7) is 6.90. The van der Waals surface area contributed by atoms with Gasteiger partial charge < -0.3 is 10.5 Å². The minimum absolute atomic E-state index is 0.245. The smallest absolute Gasteiger partial charge is 0.131 e. The van der Waals surface area contributed by atoms with Crippen molar-refractivity contribution in [2.75, 3.05) is 7.11 Å². The summed E-state index contributed by atoms with van der Waals surface area (Å²) >= 11 is 0. The third kappa shape index (κ3) is 3.23. The van der Waals surface area contributed by atoms with E-state index in [0.717, 1.165) is 25.7 Å².